The third-order valence-electron chi connectivity index (χ3n) is 4.05. The highest BCUT2D eigenvalue weighted by atomic mass is 79.9. The maximum atomic E-state index is 12.6. The second-order valence-electron chi connectivity index (χ2n) is 5.77. The van der Waals surface area contributed by atoms with Gasteiger partial charge in [0.15, 0.2) is 15.1 Å². The average Bonchev–Trinajstić information content (AvgIpc) is 2.66. The van der Waals surface area contributed by atoms with Gasteiger partial charge in [-0.2, -0.15) is 5.26 Å². The Morgan fingerprint density at radius 1 is 1.04 bits per heavy atom. The molecule has 2 aromatic rings. The zero-order valence-electron chi connectivity index (χ0n) is 13.8. The summed E-state index contributed by atoms with van der Waals surface area (Å²) in [6.07, 6.45) is 2.59. The Labute approximate surface area is 158 Å². The Morgan fingerprint density at radius 2 is 1.64 bits per heavy atom. The van der Waals surface area contributed by atoms with Gasteiger partial charge >= 0.3 is 0 Å². The van der Waals surface area contributed by atoms with Crippen molar-refractivity contribution >= 4 is 25.8 Å². The normalized spacial score (nSPS) is 13.2. The fourth-order valence-corrected chi connectivity index (χ4v) is 4.45. The lowest BCUT2D eigenvalue weighted by Crippen LogP contribution is -2.20. The molecule has 0 saturated carbocycles. The minimum atomic E-state index is -3.63. The molecular weight excluding hydrogens is 398 g/mol. The highest BCUT2D eigenvalue weighted by Crippen LogP contribution is 2.23. The molecule has 25 heavy (non-hydrogen) atoms. The fourth-order valence-electron chi connectivity index (χ4n) is 2.56. The Morgan fingerprint density at radius 3 is 2.20 bits per heavy atom. The van der Waals surface area contributed by atoms with Crippen molar-refractivity contribution in [3.63, 3.8) is 0 Å². The summed E-state index contributed by atoms with van der Waals surface area (Å²) in [7, 11) is -3.63. The molecule has 0 heterocycles. The van der Waals surface area contributed by atoms with E-state index in [0.29, 0.717) is 12.8 Å². The van der Waals surface area contributed by atoms with Crippen LogP contribution < -0.4 is 0 Å². The number of hydrogen-bond acceptors (Lipinski definition) is 3. The summed E-state index contributed by atoms with van der Waals surface area (Å²) in [5.41, 5.74) is 2.34. The van der Waals surface area contributed by atoms with E-state index in [4.69, 9.17) is 0 Å². The van der Waals surface area contributed by atoms with Crippen molar-refractivity contribution in [3.05, 3.63) is 76.8 Å². The standard InChI is InChI=1S/C20H20BrNO2S/c21-15-18(12-11-17-7-3-1-4-8-17)13-14-20(16-22)25(23,24)19-9-5-2-6-10-19/h1-10,15,20H,11-14H2/b18-15+. The van der Waals surface area contributed by atoms with Gasteiger partial charge in [0, 0.05) is 0 Å². The summed E-state index contributed by atoms with van der Waals surface area (Å²) >= 11 is 3.36. The summed E-state index contributed by atoms with van der Waals surface area (Å²) in [4.78, 5) is 2.05. The molecule has 0 aliphatic carbocycles. The summed E-state index contributed by atoms with van der Waals surface area (Å²) in [6, 6.07) is 20.3. The van der Waals surface area contributed by atoms with Crippen LogP contribution in [0.2, 0.25) is 0 Å². The molecule has 5 heteroatoms. The number of benzene rings is 2. The van der Waals surface area contributed by atoms with Crippen molar-refractivity contribution in [2.45, 2.75) is 35.8 Å². The van der Waals surface area contributed by atoms with E-state index in [1.807, 2.05) is 29.3 Å². The van der Waals surface area contributed by atoms with Gasteiger partial charge in [-0.05, 0) is 48.4 Å². The van der Waals surface area contributed by atoms with Gasteiger partial charge in [0.05, 0.1) is 11.0 Å². The molecule has 0 spiro atoms. The first kappa shape index (κ1) is 19.4. The van der Waals surface area contributed by atoms with Gasteiger partial charge in [-0.15, -0.1) is 0 Å². The van der Waals surface area contributed by atoms with Gasteiger partial charge in [-0.3, -0.25) is 0 Å². The monoisotopic (exact) mass is 417 g/mol. The van der Waals surface area contributed by atoms with Crippen LogP contribution in [0.1, 0.15) is 24.8 Å². The van der Waals surface area contributed by atoms with Crippen molar-refractivity contribution in [3.8, 4) is 6.07 Å². The van der Waals surface area contributed by atoms with Gasteiger partial charge in [-0.1, -0.05) is 70.0 Å². The van der Waals surface area contributed by atoms with Crippen LogP contribution in [-0.2, 0) is 16.3 Å². The fraction of sp³-hybridized carbons (Fsp3) is 0.250. The van der Waals surface area contributed by atoms with Crippen LogP contribution in [0.3, 0.4) is 0 Å². The molecule has 0 radical (unpaired) electrons. The van der Waals surface area contributed by atoms with Crippen LogP contribution in [0.15, 0.2) is 76.1 Å². The molecule has 0 aliphatic heterocycles. The van der Waals surface area contributed by atoms with E-state index in [1.165, 1.54) is 17.7 Å². The molecule has 2 aromatic carbocycles. The molecule has 0 amide bonds. The van der Waals surface area contributed by atoms with Crippen LogP contribution in [0.25, 0.3) is 0 Å². The first-order valence-electron chi connectivity index (χ1n) is 8.08. The quantitative estimate of drug-likeness (QED) is 0.603. The average molecular weight is 418 g/mol. The molecule has 1 unspecified atom stereocenters. The lowest BCUT2D eigenvalue weighted by Gasteiger charge is -2.12. The third kappa shape index (κ3) is 5.55. The Kier molecular flexibility index (Phi) is 7.42. The molecule has 0 aliphatic rings. The predicted octanol–water partition coefficient (Wildman–Crippen LogP) is 5.04. The molecule has 130 valence electrons. The summed E-state index contributed by atoms with van der Waals surface area (Å²) in [6.45, 7) is 0. The smallest absolute Gasteiger partial charge is 0.194 e. The summed E-state index contributed by atoms with van der Waals surface area (Å²) in [5, 5.41) is 8.32. The van der Waals surface area contributed by atoms with E-state index >= 15 is 0 Å². The molecule has 2 rings (SSSR count). The highest BCUT2D eigenvalue weighted by molar-refractivity contribution is 9.11. The third-order valence-corrected chi connectivity index (χ3v) is 6.72. The van der Waals surface area contributed by atoms with Gasteiger partial charge in [0.2, 0.25) is 0 Å². The highest BCUT2D eigenvalue weighted by Gasteiger charge is 2.27. The minimum Gasteiger partial charge on any atom is -0.222 e. The minimum absolute atomic E-state index is 0.204. The predicted molar refractivity (Wildman–Crippen MR) is 104 cm³/mol. The largest absolute Gasteiger partial charge is 0.222 e. The molecule has 1 atom stereocenters. The second kappa shape index (κ2) is 9.55. The maximum Gasteiger partial charge on any atom is 0.194 e. The van der Waals surface area contributed by atoms with Gasteiger partial charge in [0.25, 0.3) is 0 Å². The lowest BCUT2D eigenvalue weighted by molar-refractivity contribution is 0.584. The number of halogens is 1. The number of aryl methyl sites for hydroxylation is 1. The van der Waals surface area contributed by atoms with E-state index in [-0.39, 0.29) is 4.90 Å². The van der Waals surface area contributed by atoms with Crippen molar-refractivity contribution in [1.29, 1.82) is 5.26 Å². The number of sulfone groups is 1. The summed E-state index contributed by atoms with van der Waals surface area (Å²) < 4.78 is 25.2. The molecule has 0 aromatic heterocycles. The van der Waals surface area contributed by atoms with E-state index in [2.05, 4.69) is 28.1 Å². The molecule has 0 N–H and O–H groups in total. The number of allylic oxidation sites excluding steroid dienone is 1. The van der Waals surface area contributed by atoms with Gasteiger partial charge < -0.3 is 0 Å². The van der Waals surface area contributed by atoms with Crippen molar-refractivity contribution < 1.29 is 8.42 Å². The second-order valence-corrected chi connectivity index (χ2v) is 8.36. The van der Waals surface area contributed by atoms with E-state index < -0.39 is 15.1 Å². The van der Waals surface area contributed by atoms with Crippen LogP contribution in [0, 0.1) is 11.3 Å². The molecule has 3 nitrogen and oxygen atoms in total. The van der Waals surface area contributed by atoms with Crippen LogP contribution in [0.4, 0.5) is 0 Å². The molecular formula is C20H20BrNO2S. The van der Waals surface area contributed by atoms with Gasteiger partial charge in [-0.25, -0.2) is 8.42 Å². The number of nitrogens with zero attached hydrogens (tertiary/aromatic N) is 1. The first-order valence-corrected chi connectivity index (χ1v) is 10.5. The van der Waals surface area contributed by atoms with E-state index in [1.54, 1.807) is 18.2 Å². The molecule has 0 fully saturated rings. The Balaban J connectivity index is 1.98. The topological polar surface area (TPSA) is 57.9 Å². The first-order chi connectivity index (χ1) is 12.1. The van der Waals surface area contributed by atoms with Gasteiger partial charge in [0.1, 0.15) is 0 Å². The zero-order chi connectivity index (χ0) is 18.1. The maximum absolute atomic E-state index is 12.6. The van der Waals surface area contributed by atoms with Crippen molar-refractivity contribution in [2.24, 2.45) is 0 Å². The van der Waals surface area contributed by atoms with Crippen molar-refractivity contribution in [1.82, 2.24) is 0 Å². The van der Waals surface area contributed by atoms with Crippen LogP contribution in [-0.4, -0.2) is 13.7 Å². The molecule has 0 bridgehead atoms. The van der Waals surface area contributed by atoms with E-state index in [9.17, 15) is 13.7 Å². The zero-order valence-corrected chi connectivity index (χ0v) is 16.2. The molecule has 0 saturated heterocycles. The van der Waals surface area contributed by atoms with Crippen molar-refractivity contribution in [2.75, 3.05) is 0 Å². The number of hydrogen-bond donors (Lipinski definition) is 0. The number of rotatable bonds is 8. The Hall–Kier alpha value is -1.90. The lowest BCUT2D eigenvalue weighted by atomic mass is 10.0. The Bertz CT molecular complexity index is 840. The van der Waals surface area contributed by atoms with Crippen LogP contribution >= 0.6 is 15.9 Å². The van der Waals surface area contributed by atoms with E-state index in [0.717, 1.165) is 18.4 Å². The SMILES string of the molecule is N#CC(CC/C(=C/Br)CCc1ccccc1)S(=O)(=O)c1ccccc1. The van der Waals surface area contributed by atoms with Crippen LogP contribution in [0.5, 0.6) is 0 Å². The number of nitriles is 1. The summed E-state index contributed by atoms with van der Waals surface area (Å²) in [5.74, 6) is 0.